The summed E-state index contributed by atoms with van der Waals surface area (Å²) >= 11 is 0. The van der Waals surface area contributed by atoms with Crippen LogP contribution in [0.1, 0.15) is 29.3 Å². The molecule has 0 saturated carbocycles. The van der Waals surface area contributed by atoms with Gasteiger partial charge in [0, 0.05) is 31.5 Å². The summed E-state index contributed by atoms with van der Waals surface area (Å²) in [4.78, 5) is 18.7. The molecule has 3 rings (SSSR count). The van der Waals surface area contributed by atoms with E-state index in [4.69, 9.17) is 0 Å². The average molecular weight is 373 g/mol. The van der Waals surface area contributed by atoms with Gasteiger partial charge in [0.25, 0.3) is 5.91 Å². The second kappa shape index (κ2) is 7.86. The fraction of sp³-hybridized carbons (Fsp3) is 0.368. The summed E-state index contributed by atoms with van der Waals surface area (Å²) in [6.45, 7) is 3.07. The molecule has 0 bridgehead atoms. The van der Waals surface area contributed by atoms with Crippen LogP contribution in [0.4, 0.5) is 5.69 Å². The van der Waals surface area contributed by atoms with Crippen LogP contribution in [-0.4, -0.2) is 48.3 Å². The lowest BCUT2D eigenvalue weighted by molar-refractivity contribution is 0.0752. The van der Waals surface area contributed by atoms with Crippen LogP contribution in [0.5, 0.6) is 0 Å². The summed E-state index contributed by atoms with van der Waals surface area (Å²) in [6, 6.07) is 11.5. The molecule has 1 aliphatic heterocycles. The molecule has 6 nitrogen and oxygen atoms in total. The molecule has 0 aliphatic carbocycles. The first kappa shape index (κ1) is 18.4. The molecule has 1 unspecified atom stereocenters. The fourth-order valence-electron chi connectivity index (χ4n) is 3.09. The number of rotatable bonds is 6. The van der Waals surface area contributed by atoms with Crippen molar-refractivity contribution < 1.29 is 13.2 Å². The molecular formula is C19H23N3O3S. The number of anilines is 1. The maximum Gasteiger partial charge on any atom is 0.255 e. The van der Waals surface area contributed by atoms with Crippen LogP contribution in [0.25, 0.3) is 0 Å². The zero-order valence-electron chi connectivity index (χ0n) is 14.8. The first-order valence-corrected chi connectivity index (χ1v) is 10.5. The minimum absolute atomic E-state index is 0.0912. The van der Waals surface area contributed by atoms with Crippen molar-refractivity contribution in [3.8, 4) is 0 Å². The molecule has 1 fully saturated rings. The van der Waals surface area contributed by atoms with Gasteiger partial charge in [0.2, 0.25) is 0 Å². The number of carbonyl (C=O) groups excluding carboxylic acids is 1. The van der Waals surface area contributed by atoms with E-state index in [0.29, 0.717) is 30.8 Å². The van der Waals surface area contributed by atoms with Gasteiger partial charge in [-0.15, -0.1) is 0 Å². The van der Waals surface area contributed by atoms with Crippen molar-refractivity contribution in [1.29, 1.82) is 0 Å². The van der Waals surface area contributed by atoms with E-state index in [9.17, 15) is 13.2 Å². The van der Waals surface area contributed by atoms with E-state index >= 15 is 0 Å². The van der Waals surface area contributed by atoms with Gasteiger partial charge in [0.15, 0.2) is 9.84 Å². The molecule has 1 saturated heterocycles. The molecule has 1 aromatic heterocycles. The van der Waals surface area contributed by atoms with Crippen LogP contribution >= 0.6 is 0 Å². The number of nitrogens with one attached hydrogen (secondary N) is 1. The lowest BCUT2D eigenvalue weighted by Crippen LogP contribution is -2.30. The van der Waals surface area contributed by atoms with E-state index in [0.717, 1.165) is 5.56 Å². The van der Waals surface area contributed by atoms with Gasteiger partial charge in [-0.3, -0.25) is 9.78 Å². The Balaban J connectivity index is 1.70. The van der Waals surface area contributed by atoms with E-state index in [1.807, 2.05) is 37.3 Å². The van der Waals surface area contributed by atoms with E-state index in [-0.39, 0.29) is 23.5 Å². The lowest BCUT2D eigenvalue weighted by Gasteiger charge is -2.21. The van der Waals surface area contributed by atoms with Crippen LogP contribution in [-0.2, 0) is 16.4 Å². The summed E-state index contributed by atoms with van der Waals surface area (Å²) < 4.78 is 23.2. The molecule has 1 aliphatic rings. The van der Waals surface area contributed by atoms with Gasteiger partial charge >= 0.3 is 0 Å². The largest absolute Gasteiger partial charge is 0.380 e. The highest BCUT2D eigenvalue weighted by Crippen LogP contribution is 2.19. The number of hydrogen-bond donors (Lipinski definition) is 1. The smallest absolute Gasteiger partial charge is 0.255 e. The van der Waals surface area contributed by atoms with Gasteiger partial charge < -0.3 is 10.2 Å². The quantitative estimate of drug-likeness (QED) is 0.841. The maximum absolute atomic E-state index is 12.8. The monoisotopic (exact) mass is 373 g/mol. The molecule has 2 heterocycles. The van der Waals surface area contributed by atoms with Crippen LogP contribution in [0.15, 0.2) is 48.8 Å². The van der Waals surface area contributed by atoms with Gasteiger partial charge in [-0.25, -0.2) is 8.42 Å². The van der Waals surface area contributed by atoms with Gasteiger partial charge in [-0.05, 0) is 25.0 Å². The van der Waals surface area contributed by atoms with E-state index in [1.165, 1.54) is 0 Å². The van der Waals surface area contributed by atoms with Crippen molar-refractivity contribution >= 4 is 21.4 Å². The molecule has 7 heteroatoms. The van der Waals surface area contributed by atoms with Crippen molar-refractivity contribution in [2.24, 2.45) is 0 Å². The normalized spacial score (nSPS) is 18.4. The van der Waals surface area contributed by atoms with Gasteiger partial charge in [0.1, 0.15) is 0 Å². The van der Waals surface area contributed by atoms with Crippen LogP contribution in [0.2, 0.25) is 0 Å². The molecule has 1 N–H and O–H groups in total. The third kappa shape index (κ3) is 4.60. The first-order valence-electron chi connectivity index (χ1n) is 8.72. The number of benzene rings is 1. The number of sulfone groups is 1. The highest BCUT2D eigenvalue weighted by Gasteiger charge is 2.28. The van der Waals surface area contributed by atoms with Crippen LogP contribution < -0.4 is 5.32 Å². The fourth-order valence-corrected chi connectivity index (χ4v) is 4.77. The zero-order chi connectivity index (χ0) is 18.6. The highest BCUT2D eigenvalue weighted by atomic mass is 32.2. The summed E-state index contributed by atoms with van der Waals surface area (Å²) in [7, 11) is -2.95. The summed E-state index contributed by atoms with van der Waals surface area (Å²) in [5, 5.41) is 3.19. The molecular weight excluding hydrogens is 350 g/mol. The summed E-state index contributed by atoms with van der Waals surface area (Å²) in [5.41, 5.74) is 2.24. The average Bonchev–Trinajstić information content (AvgIpc) is 2.98. The Morgan fingerprint density at radius 1 is 1.27 bits per heavy atom. The molecule has 1 atom stereocenters. The van der Waals surface area contributed by atoms with Crippen molar-refractivity contribution in [3.63, 3.8) is 0 Å². The Kier molecular flexibility index (Phi) is 5.56. The second-order valence-electron chi connectivity index (χ2n) is 6.51. The molecule has 138 valence electrons. The number of nitrogens with zero attached hydrogens (tertiary/aromatic N) is 2. The van der Waals surface area contributed by atoms with Crippen molar-refractivity contribution in [1.82, 2.24) is 9.88 Å². The number of amides is 1. The van der Waals surface area contributed by atoms with Gasteiger partial charge in [-0.1, -0.05) is 30.3 Å². The Hall–Kier alpha value is -2.41. The number of pyridine rings is 1. The predicted octanol–water partition coefficient (Wildman–Crippen LogP) is 2.34. The van der Waals surface area contributed by atoms with E-state index in [1.54, 1.807) is 23.4 Å². The molecule has 0 spiro atoms. The van der Waals surface area contributed by atoms with E-state index < -0.39 is 9.84 Å². The predicted molar refractivity (Wildman–Crippen MR) is 102 cm³/mol. The second-order valence-corrected chi connectivity index (χ2v) is 8.74. The number of aromatic nitrogens is 1. The highest BCUT2D eigenvalue weighted by molar-refractivity contribution is 7.91. The van der Waals surface area contributed by atoms with Crippen LogP contribution in [0, 0.1) is 0 Å². The Morgan fingerprint density at radius 3 is 2.69 bits per heavy atom. The lowest BCUT2D eigenvalue weighted by atomic mass is 10.1. The summed E-state index contributed by atoms with van der Waals surface area (Å²) in [5.74, 6) is 0.240. The third-order valence-electron chi connectivity index (χ3n) is 4.47. The van der Waals surface area contributed by atoms with Gasteiger partial charge in [-0.2, -0.15) is 0 Å². The first-order chi connectivity index (χ1) is 12.5. The Labute approximate surface area is 154 Å². The Bertz CT molecular complexity index is 869. The summed E-state index contributed by atoms with van der Waals surface area (Å²) in [6.07, 6.45) is 3.75. The minimum atomic E-state index is -2.95. The number of carbonyl (C=O) groups is 1. The topological polar surface area (TPSA) is 79.4 Å². The Morgan fingerprint density at radius 2 is 2.04 bits per heavy atom. The molecule has 2 aromatic rings. The molecule has 1 amide bonds. The van der Waals surface area contributed by atoms with Crippen LogP contribution in [0.3, 0.4) is 0 Å². The SMILES string of the molecule is CCN(Cc1ccccc1)C(=O)c1cncc(NC2CCS(=O)(=O)C2)c1. The number of hydrogen-bond acceptors (Lipinski definition) is 5. The third-order valence-corrected chi connectivity index (χ3v) is 6.24. The zero-order valence-corrected chi connectivity index (χ0v) is 15.6. The molecule has 26 heavy (non-hydrogen) atoms. The standard InChI is InChI=1S/C19H23N3O3S/c1-2-22(13-15-6-4-3-5-7-15)19(23)16-10-18(12-20-11-16)21-17-8-9-26(24,25)14-17/h3-7,10-12,17,21H,2,8-9,13-14H2,1H3. The van der Waals surface area contributed by atoms with Crippen molar-refractivity contribution in [2.75, 3.05) is 23.4 Å². The van der Waals surface area contributed by atoms with Crippen molar-refractivity contribution in [2.45, 2.75) is 25.9 Å². The van der Waals surface area contributed by atoms with E-state index in [2.05, 4.69) is 10.3 Å². The molecule has 0 radical (unpaired) electrons. The molecule has 1 aromatic carbocycles. The van der Waals surface area contributed by atoms with Gasteiger partial charge in [0.05, 0.1) is 22.8 Å². The van der Waals surface area contributed by atoms with Crippen molar-refractivity contribution in [3.05, 3.63) is 59.9 Å². The maximum atomic E-state index is 12.8. The minimum Gasteiger partial charge on any atom is -0.380 e.